The Morgan fingerprint density at radius 3 is 1.59 bits per heavy atom. The molecule has 17 heavy (non-hydrogen) atoms. The molecule has 3 heteroatoms. The quantitative estimate of drug-likeness (QED) is 0.516. The van der Waals surface area contributed by atoms with Gasteiger partial charge in [-0.3, -0.25) is 0 Å². The number of rotatable bonds is 4. The van der Waals surface area contributed by atoms with Gasteiger partial charge in [0.25, 0.3) is 0 Å². The average molecular weight is 275 g/mol. The van der Waals surface area contributed by atoms with Crippen molar-refractivity contribution in [2.45, 2.75) is 75.3 Å². The maximum atomic E-state index is 6.43. The molecule has 0 aromatic rings. The molecule has 0 aromatic heterocycles. The smallest absolute Gasteiger partial charge is 0.212 e. The largest absolute Gasteiger partial charge is 0.418 e. The van der Waals surface area contributed by atoms with Gasteiger partial charge in [0.1, 0.15) is 0 Å². The molecule has 2 aliphatic rings. The Balaban J connectivity index is 2.10. The molecule has 2 rings (SSSR count). The van der Waals surface area contributed by atoms with Crippen LogP contribution >= 0.6 is 11.6 Å². The Morgan fingerprint density at radius 1 is 0.882 bits per heavy atom. The van der Waals surface area contributed by atoms with Crippen LogP contribution in [0.2, 0.25) is 11.1 Å². The van der Waals surface area contributed by atoms with Gasteiger partial charge < -0.3 is 4.43 Å². The molecule has 0 radical (unpaired) electrons. The second-order valence-electron chi connectivity index (χ2n) is 5.96. The Hall–Kier alpha value is 0.467. The Kier molecular flexibility index (Phi) is 5.38. The van der Waals surface area contributed by atoms with Crippen molar-refractivity contribution in [2.24, 2.45) is 0 Å². The van der Waals surface area contributed by atoms with E-state index < -0.39 is 8.32 Å². The summed E-state index contributed by atoms with van der Waals surface area (Å²) in [6.45, 7) is 0. The molecule has 0 amide bonds. The minimum atomic E-state index is -1.68. The highest BCUT2D eigenvalue weighted by molar-refractivity contribution is 6.82. The summed E-state index contributed by atoms with van der Waals surface area (Å²) in [6.07, 6.45) is 14.1. The van der Waals surface area contributed by atoms with E-state index in [0.29, 0.717) is 0 Å². The first-order chi connectivity index (χ1) is 8.33. The van der Waals surface area contributed by atoms with Crippen LogP contribution in [0, 0.1) is 0 Å². The van der Waals surface area contributed by atoms with Crippen LogP contribution in [0.1, 0.15) is 64.2 Å². The van der Waals surface area contributed by atoms with Crippen LogP contribution in [-0.4, -0.2) is 20.9 Å². The lowest BCUT2D eigenvalue weighted by Gasteiger charge is -2.44. The molecule has 0 unspecified atom stereocenters. The summed E-state index contributed by atoms with van der Waals surface area (Å²) in [5, 5.41) is 0. The van der Waals surface area contributed by atoms with Crippen molar-refractivity contribution in [3.63, 3.8) is 0 Å². The van der Waals surface area contributed by atoms with Crippen LogP contribution in [0.25, 0.3) is 0 Å². The van der Waals surface area contributed by atoms with Gasteiger partial charge >= 0.3 is 0 Å². The fraction of sp³-hybridized carbons (Fsp3) is 1.00. The van der Waals surface area contributed by atoms with Gasteiger partial charge in [0.15, 0.2) is 0 Å². The highest BCUT2D eigenvalue weighted by Crippen LogP contribution is 2.48. The maximum absolute atomic E-state index is 6.43. The van der Waals surface area contributed by atoms with E-state index in [1.165, 1.54) is 64.2 Å². The predicted molar refractivity (Wildman–Crippen MR) is 77.2 cm³/mol. The molecular formula is C14H27ClOSi. The fourth-order valence-corrected chi connectivity index (χ4v) is 10.4. The maximum Gasteiger partial charge on any atom is 0.212 e. The van der Waals surface area contributed by atoms with Crippen LogP contribution in [0.3, 0.4) is 0 Å². The summed E-state index contributed by atoms with van der Waals surface area (Å²) in [7, 11) is 0.280. The first-order valence-corrected chi connectivity index (χ1v) is 10.2. The standard InChI is InChI=1S/C14H27ClOSi/c1-16-17(12-15,13-8-4-2-5-9-13)14-10-6-3-7-11-14/h13-14H,2-12H2,1H3. The zero-order chi connectivity index (χ0) is 12.1. The average Bonchev–Trinajstić information content (AvgIpc) is 2.43. The van der Waals surface area contributed by atoms with Crippen molar-refractivity contribution >= 4 is 19.9 Å². The van der Waals surface area contributed by atoms with Crippen LogP contribution in [0.4, 0.5) is 0 Å². The minimum absolute atomic E-state index is 0.832. The monoisotopic (exact) mass is 274 g/mol. The third-order valence-corrected chi connectivity index (χ3v) is 11.5. The third kappa shape index (κ3) is 2.90. The van der Waals surface area contributed by atoms with E-state index in [-0.39, 0.29) is 0 Å². The normalized spacial score (nSPS) is 25.1. The van der Waals surface area contributed by atoms with Crippen LogP contribution in [0.5, 0.6) is 0 Å². The number of halogens is 1. The number of alkyl halides is 1. The molecule has 0 aliphatic heterocycles. The second-order valence-corrected chi connectivity index (χ2v) is 11.0. The summed E-state index contributed by atoms with van der Waals surface area (Å²) in [5.74, 6) is 0. The van der Waals surface area contributed by atoms with E-state index in [4.69, 9.17) is 16.0 Å². The van der Waals surface area contributed by atoms with Gasteiger partial charge in [-0.05, 0) is 11.1 Å². The van der Waals surface area contributed by atoms with Gasteiger partial charge in [-0.1, -0.05) is 64.2 Å². The van der Waals surface area contributed by atoms with Crippen molar-refractivity contribution in [1.29, 1.82) is 0 Å². The fourth-order valence-electron chi connectivity index (χ4n) is 4.12. The molecule has 0 atom stereocenters. The first kappa shape index (κ1) is 13.9. The van der Waals surface area contributed by atoms with E-state index in [1.54, 1.807) is 0 Å². The molecule has 2 saturated carbocycles. The summed E-state index contributed by atoms with van der Waals surface area (Å²) < 4.78 is 6.17. The van der Waals surface area contributed by atoms with Crippen molar-refractivity contribution < 1.29 is 4.43 Å². The Morgan fingerprint density at radius 2 is 1.29 bits per heavy atom. The number of hydrogen-bond acceptors (Lipinski definition) is 1. The molecule has 100 valence electrons. The van der Waals surface area contributed by atoms with E-state index in [1.807, 2.05) is 7.11 Å². The topological polar surface area (TPSA) is 9.23 Å². The summed E-state index contributed by atoms with van der Waals surface area (Å²) in [5.41, 5.74) is 2.53. The van der Waals surface area contributed by atoms with Gasteiger partial charge in [-0.25, -0.2) is 0 Å². The molecule has 0 aromatic carbocycles. The third-order valence-electron chi connectivity index (χ3n) is 5.18. The second kappa shape index (κ2) is 6.58. The molecule has 2 aliphatic carbocycles. The molecule has 2 fully saturated rings. The summed E-state index contributed by atoms with van der Waals surface area (Å²) >= 11 is 6.43. The molecule has 1 nitrogen and oxygen atoms in total. The highest BCUT2D eigenvalue weighted by atomic mass is 35.5. The lowest BCUT2D eigenvalue weighted by Crippen LogP contribution is -2.51. The van der Waals surface area contributed by atoms with Gasteiger partial charge in [0, 0.05) is 12.6 Å². The van der Waals surface area contributed by atoms with Gasteiger partial charge in [0.2, 0.25) is 8.32 Å². The summed E-state index contributed by atoms with van der Waals surface area (Å²) in [4.78, 5) is 0. The van der Waals surface area contributed by atoms with Gasteiger partial charge in [0.05, 0.1) is 0 Å². The molecule has 0 heterocycles. The molecular weight excluding hydrogens is 248 g/mol. The van der Waals surface area contributed by atoms with Crippen molar-refractivity contribution in [3.05, 3.63) is 0 Å². The Labute approximate surface area is 112 Å². The molecule has 0 bridgehead atoms. The molecule has 0 N–H and O–H groups in total. The first-order valence-electron chi connectivity index (χ1n) is 7.44. The summed E-state index contributed by atoms with van der Waals surface area (Å²) in [6, 6.07) is 0. The predicted octanol–water partition coefficient (Wildman–Crippen LogP) is 5.02. The van der Waals surface area contributed by atoms with E-state index in [0.717, 1.165) is 16.6 Å². The van der Waals surface area contributed by atoms with Crippen molar-refractivity contribution in [1.82, 2.24) is 0 Å². The van der Waals surface area contributed by atoms with E-state index in [2.05, 4.69) is 0 Å². The van der Waals surface area contributed by atoms with Gasteiger partial charge in [-0.15, -0.1) is 11.6 Å². The van der Waals surface area contributed by atoms with Crippen LogP contribution in [-0.2, 0) is 4.43 Å². The van der Waals surface area contributed by atoms with Crippen LogP contribution < -0.4 is 0 Å². The lowest BCUT2D eigenvalue weighted by atomic mass is 9.99. The SMILES string of the molecule is CO[Si](CCl)(C1CCCCC1)C1CCCCC1. The van der Waals surface area contributed by atoms with Crippen molar-refractivity contribution in [2.75, 3.05) is 12.6 Å². The van der Waals surface area contributed by atoms with Gasteiger partial charge in [-0.2, -0.15) is 0 Å². The van der Waals surface area contributed by atoms with Crippen molar-refractivity contribution in [3.8, 4) is 0 Å². The number of hydrogen-bond donors (Lipinski definition) is 0. The molecule has 0 saturated heterocycles. The lowest BCUT2D eigenvalue weighted by molar-refractivity contribution is 0.323. The van der Waals surface area contributed by atoms with E-state index >= 15 is 0 Å². The Bertz CT molecular complexity index is 198. The van der Waals surface area contributed by atoms with E-state index in [9.17, 15) is 0 Å². The van der Waals surface area contributed by atoms with Crippen LogP contribution in [0.15, 0.2) is 0 Å². The molecule has 0 spiro atoms. The zero-order valence-electron chi connectivity index (χ0n) is 11.2. The highest BCUT2D eigenvalue weighted by Gasteiger charge is 2.48. The minimum Gasteiger partial charge on any atom is -0.418 e. The zero-order valence-corrected chi connectivity index (χ0v) is 13.0.